The molecule has 0 rings (SSSR count). The lowest BCUT2D eigenvalue weighted by Gasteiger charge is -2.03. The fourth-order valence-electron chi connectivity index (χ4n) is 0.444. The number of hydrogen-bond donors (Lipinski definition) is 1. The predicted octanol–water partition coefficient (Wildman–Crippen LogP) is 2.36. The van der Waals surface area contributed by atoms with Crippen molar-refractivity contribution in [3.8, 4) is 0 Å². The van der Waals surface area contributed by atoms with Gasteiger partial charge in [-0.15, -0.1) is 11.8 Å². The predicted molar refractivity (Wildman–Crippen MR) is 48.7 cm³/mol. The zero-order chi connectivity index (χ0) is 8.69. The van der Waals surface area contributed by atoms with Crippen LogP contribution in [0.2, 0.25) is 0 Å². The zero-order valence-electron chi connectivity index (χ0n) is 6.91. The Morgan fingerprint density at radius 1 is 1.73 bits per heavy atom. The zero-order valence-corrected chi connectivity index (χ0v) is 7.73. The van der Waals surface area contributed by atoms with E-state index < -0.39 is 5.97 Å². The summed E-state index contributed by atoms with van der Waals surface area (Å²) in [5, 5.41) is 9.87. The average molecular weight is 174 g/mol. The van der Waals surface area contributed by atoms with Gasteiger partial charge in [0.25, 0.3) is 0 Å². The summed E-state index contributed by atoms with van der Waals surface area (Å²) in [6.45, 7) is 4.29. The number of aliphatic carboxylic acids is 1. The molecule has 3 heteroatoms. The molecule has 1 atom stereocenters. The lowest BCUT2D eigenvalue weighted by Crippen LogP contribution is -1.93. The minimum Gasteiger partial charge on any atom is -0.478 e. The van der Waals surface area contributed by atoms with Gasteiger partial charge in [-0.05, 0) is 17.1 Å². The monoisotopic (exact) mass is 174 g/mol. The van der Waals surface area contributed by atoms with E-state index in [2.05, 4.69) is 13.8 Å². The first-order valence-electron chi connectivity index (χ1n) is 3.68. The molecule has 2 nitrogen and oxygen atoms in total. The third-order valence-electron chi connectivity index (χ3n) is 1.38. The normalized spacial score (nSPS) is 13.6. The van der Waals surface area contributed by atoms with Crippen LogP contribution in [0.4, 0.5) is 0 Å². The molecule has 0 aliphatic rings. The van der Waals surface area contributed by atoms with Crippen LogP contribution in [0, 0.1) is 5.92 Å². The molecule has 1 unspecified atom stereocenters. The maximum Gasteiger partial charge on any atom is 0.328 e. The van der Waals surface area contributed by atoms with Gasteiger partial charge in [0.05, 0.1) is 0 Å². The van der Waals surface area contributed by atoms with Crippen molar-refractivity contribution >= 4 is 17.7 Å². The van der Waals surface area contributed by atoms with Crippen molar-refractivity contribution in [2.75, 3.05) is 5.75 Å². The summed E-state index contributed by atoms with van der Waals surface area (Å²) in [5.74, 6) is 0.792. The molecule has 1 N–H and O–H groups in total. The summed E-state index contributed by atoms with van der Waals surface area (Å²) in [7, 11) is 0. The Morgan fingerprint density at radius 3 is 2.82 bits per heavy atom. The number of hydrogen-bond acceptors (Lipinski definition) is 2. The van der Waals surface area contributed by atoms with E-state index in [0.717, 1.165) is 12.2 Å². The number of carboxylic acids is 1. The number of carboxylic acid groups (broad SMARTS) is 1. The SMILES string of the molecule is CCC(C)CS/C=C/C(=O)O. The van der Waals surface area contributed by atoms with Crippen LogP contribution >= 0.6 is 11.8 Å². The highest BCUT2D eigenvalue weighted by molar-refractivity contribution is 8.02. The maximum absolute atomic E-state index is 10.0. The van der Waals surface area contributed by atoms with Crippen molar-refractivity contribution in [2.45, 2.75) is 20.3 Å². The molecular weight excluding hydrogens is 160 g/mol. The molecule has 0 heterocycles. The Balaban J connectivity index is 3.33. The molecule has 0 aliphatic carbocycles. The quantitative estimate of drug-likeness (QED) is 0.650. The van der Waals surface area contributed by atoms with Gasteiger partial charge in [0, 0.05) is 6.08 Å². The minimum absolute atomic E-state index is 0.665. The van der Waals surface area contributed by atoms with Crippen molar-refractivity contribution in [1.29, 1.82) is 0 Å². The Hall–Kier alpha value is -0.440. The molecular formula is C8H14O2S. The third-order valence-corrected chi connectivity index (χ3v) is 2.47. The van der Waals surface area contributed by atoms with Crippen LogP contribution in [-0.2, 0) is 4.79 Å². The minimum atomic E-state index is -0.873. The number of thioether (sulfide) groups is 1. The van der Waals surface area contributed by atoms with Gasteiger partial charge < -0.3 is 5.11 Å². The van der Waals surface area contributed by atoms with E-state index in [1.54, 1.807) is 17.2 Å². The second kappa shape index (κ2) is 6.28. The van der Waals surface area contributed by atoms with E-state index in [1.807, 2.05) is 0 Å². The average Bonchev–Trinajstić information content (AvgIpc) is 1.97. The van der Waals surface area contributed by atoms with Crippen molar-refractivity contribution < 1.29 is 9.90 Å². The largest absolute Gasteiger partial charge is 0.478 e. The van der Waals surface area contributed by atoms with Crippen LogP contribution in [0.5, 0.6) is 0 Å². The van der Waals surface area contributed by atoms with Gasteiger partial charge in [0.15, 0.2) is 0 Å². The van der Waals surface area contributed by atoms with Crippen LogP contribution in [0.15, 0.2) is 11.5 Å². The highest BCUT2D eigenvalue weighted by Gasteiger charge is 1.95. The van der Waals surface area contributed by atoms with E-state index in [-0.39, 0.29) is 0 Å². The molecule has 0 aliphatic heterocycles. The summed E-state index contributed by atoms with van der Waals surface area (Å²) >= 11 is 1.55. The standard InChI is InChI=1S/C8H14O2S/c1-3-7(2)6-11-5-4-8(9)10/h4-5,7H,3,6H2,1-2H3,(H,9,10)/b5-4+. The fourth-order valence-corrected chi connectivity index (χ4v) is 1.33. The number of carbonyl (C=O) groups is 1. The van der Waals surface area contributed by atoms with Crippen molar-refractivity contribution in [3.63, 3.8) is 0 Å². The molecule has 0 fully saturated rings. The van der Waals surface area contributed by atoms with Crippen LogP contribution in [0.3, 0.4) is 0 Å². The summed E-state index contributed by atoms with van der Waals surface area (Å²) in [6, 6.07) is 0. The Bertz CT molecular complexity index is 143. The van der Waals surface area contributed by atoms with Crippen LogP contribution in [0.25, 0.3) is 0 Å². The molecule has 0 saturated heterocycles. The molecule has 0 bridgehead atoms. The Kier molecular flexibility index (Phi) is 6.03. The van der Waals surface area contributed by atoms with E-state index in [1.165, 1.54) is 6.08 Å². The highest BCUT2D eigenvalue weighted by Crippen LogP contribution is 2.11. The van der Waals surface area contributed by atoms with E-state index in [9.17, 15) is 4.79 Å². The van der Waals surface area contributed by atoms with Gasteiger partial charge in [0.1, 0.15) is 0 Å². The molecule has 0 spiro atoms. The second-order valence-corrected chi connectivity index (χ2v) is 3.43. The summed E-state index contributed by atoms with van der Waals surface area (Å²) in [6.07, 6.45) is 2.32. The summed E-state index contributed by atoms with van der Waals surface area (Å²) in [4.78, 5) is 10.0. The lowest BCUT2D eigenvalue weighted by atomic mass is 10.2. The first-order valence-corrected chi connectivity index (χ1v) is 4.72. The molecule has 0 saturated carbocycles. The summed E-state index contributed by atoms with van der Waals surface area (Å²) in [5.41, 5.74) is 0. The van der Waals surface area contributed by atoms with Gasteiger partial charge >= 0.3 is 5.97 Å². The maximum atomic E-state index is 10.0. The fraction of sp³-hybridized carbons (Fsp3) is 0.625. The topological polar surface area (TPSA) is 37.3 Å². The van der Waals surface area contributed by atoms with Crippen molar-refractivity contribution in [3.05, 3.63) is 11.5 Å². The van der Waals surface area contributed by atoms with Crippen LogP contribution < -0.4 is 0 Å². The van der Waals surface area contributed by atoms with Gasteiger partial charge in [-0.3, -0.25) is 0 Å². The molecule has 11 heavy (non-hydrogen) atoms. The second-order valence-electron chi connectivity index (χ2n) is 2.49. The molecule has 0 amide bonds. The first kappa shape index (κ1) is 10.6. The van der Waals surface area contributed by atoms with E-state index in [4.69, 9.17) is 5.11 Å². The highest BCUT2D eigenvalue weighted by atomic mass is 32.2. The lowest BCUT2D eigenvalue weighted by molar-refractivity contribution is -0.131. The van der Waals surface area contributed by atoms with Gasteiger partial charge in [-0.1, -0.05) is 20.3 Å². The third kappa shape index (κ3) is 7.46. The van der Waals surface area contributed by atoms with Crippen LogP contribution in [-0.4, -0.2) is 16.8 Å². The van der Waals surface area contributed by atoms with Gasteiger partial charge in [-0.2, -0.15) is 0 Å². The van der Waals surface area contributed by atoms with Crippen molar-refractivity contribution in [2.24, 2.45) is 5.92 Å². The Labute approximate surface area is 71.7 Å². The first-order chi connectivity index (χ1) is 5.16. The molecule has 0 aromatic carbocycles. The van der Waals surface area contributed by atoms with Crippen LogP contribution in [0.1, 0.15) is 20.3 Å². The van der Waals surface area contributed by atoms with E-state index in [0.29, 0.717) is 5.92 Å². The smallest absolute Gasteiger partial charge is 0.328 e. The summed E-state index contributed by atoms with van der Waals surface area (Å²) < 4.78 is 0. The van der Waals surface area contributed by atoms with Crippen molar-refractivity contribution in [1.82, 2.24) is 0 Å². The number of rotatable bonds is 5. The van der Waals surface area contributed by atoms with Gasteiger partial charge in [0.2, 0.25) is 0 Å². The molecule has 0 aromatic rings. The van der Waals surface area contributed by atoms with Gasteiger partial charge in [-0.25, -0.2) is 4.79 Å². The Morgan fingerprint density at radius 2 is 2.36 bits per heavy atom. The molecule has 0 aromatic heterocycles. The van der Waals surface area contributed by atoms with E-state index >= 15 is 0 Å². The molecule has 64 valence electrons. The molecule has 0 radical (unpaired) electrons.